The number of amides is 3. The summed E-state index contributed by atoms with van der Waals surface area (Å²) in [5.74, 6) is -0.745. The van der Waals surface area contributed by atoms with Crippen LogP contribution in [0.2, 0.25) is 0 Å². The molecule has 0 radical (unpaired) electrons. The third-order valence-corrected chi connectivity index (χ3v) is 8.91. The van der Waals surface area contributed by atoms with Gasteiger partial charge in [-0.05, 0) is 82.9 Å². The summed E-state index contributed by atoms with van der Waals surface area (Å²) in [6.45, 7) is 5.48. The van der Waals surface area contributed by atoms with Crippen LogP contribution in [0.15, 0.2) is 35.9 Å². The molecule has 3 aliphatic rings. The van der Waals surface area contributed by atoms with Crippen LogP contribution in [-0.4, -0.2) is 72.2 Å². The third-order valence-electron chi connectivity index (χ3n) is 8.91. The number of aliphatic hydroxyl groups excluding tert-OH is 1. The maximum absolute atomic E-state index is 13.7. The number of allylic oxidation sites excluding steroid dienone is 1. The van der Waals surface area contributed by atoms with Gasteiger partial charge in [0.25, 0.3) is 0 Å². The molecule has 1 aliphatic heterocycles. The molecule has 0 aromatic heterocycles. The Bertz CT molecular complexity index is 1180. The van der Waals surface area contributed by atoms with Crippen LogP contribution in [0.4, 0.5) is 0 Å². The van der Waals surface area contributed by atoms with E-state index in [2.05, 4.69) is 22.0 Å². The Morgan fingerprint density at radius 3 is 2.21 bits per heavy atom. The minimum absolute atomic E-state index is 0.176. The smallest absolute Gasteiger partial charge is 0.243 e. The van der Waals surface area contributed by atoms with Gasteiger partial charge < -0.3 is 30.5 Å². The van der Waals surface area contributed by atoms with E-state index < -0.39 is 47.1 Å². The van der Waals surface area contributed by atoms with E-state index in [1.807, 2.05) is 19.1 Å². The second-order valence-corrected chi connectivity index (χ2v) is 12.5. The summed E-state index contributed by atoms with van der Waals surface area (Å²) in [6.07, 6.45) is 7.31. The van der Waals surface area contributed by atoms with Gasteiger partial charge in [-0.1, -0.05) is 30.7 Å². The van der Waals surface area contributed by atoms with E-state index in [1.54, 1.807) is 33.1 Å². The molecule has 1 saturated carbocycles. The SMILES string of the molecule is COc1ccc(C[C@H](NC(=O)[C@@H](C)NC(=O)C2(C)CCC(O)CC2)C(=O)N[C@@H](CC2=CCCC2)C(=O)[C@@]2(C)CO2)cc1. The lowest BCUT2D eigenvalue weighted by molar-refractivity contribution is -0.137. The van der Waals surface area contributed by atoms with Crippen LogP contribution < -0.4 is 20.7 Å². The molecule has 10 heteroatoms. The predicted molar refractivity (Wildman–Crippen MR) is 157 cm³/mol. The number of ether oxygens (including phenoxy) is 2. The van der Waals surface area contributed by atoms with E-state index in [0.29, 0.717) is 44.5 Å². The van der Waals surface area contributed by atoms with E-state index >= 15 is 0 Å². The second kappa shape index (κ2) is 13.4. The molecule has 1 aromatic carbocycles. The zero-order valence-corrected chi connectivity index (χ0v) is 25.2. The maximum Gasteiger partial charge on any atom is 0.243 e. The zero-order chi connectivity index (χ0) is 30.5. The first-order valence-electron chi connectivity index (χ1n) is 15.0. The van der Waals surface area contributed by atoms with E-state index in [-0.39, 0.29) is 18.1 Å². The number of methoxy groups -OCH3 is 1. The molecule has 10 nitrogen and oxygen atoms in total. The summed E-state index contributed by atoms with van der Waals surface area (Å²) in [4.78, 5) is 53.5. The average Bonchev–Trinajstić information content (AvgIpc) is 3.52. The minimum atomic E-state index is -0.994. The number of benzene rings is 1. The molecule has 0 spiro atoms. The molecule has 0 unspecified atom stereocenters. The van der Waals surface area contributed by atoms with Gasteiger partial charge >= 0.3 is 0 Å². The second-order valence-electron chi connectivity index (χ2n) is 12.5. The molecule has 1 aromatic rings. The first-order chi connectivity index (χ1) is 19.9. The van der Waals surface area contributed by atoms with Gasteiger partial charge in [0.2, 0.25) is 17.7 Å². The van der Waals surface area contributed by atoms with Gasteiger partial charge in [-0.2, -0.15) is 0 Å². The van der Waals surface area contributed by atoms with Crippen LogP contribution in [0.5, 0.6) is 5.75 Å². The molecule has 2 fully saturated rings. The van der Waals surface area contributed by atoms with Crippen molar-refractivity contribution < 1.29 is 33.8 Å². The van der Waals surface area contributed by atoms with E-state index in [4.69, 9.17) is 9.47 Å². The summed E-state index contributed by atoms with van der Waals surface area (Å²) in [7, 11) is 1.57. The number of rotatable bonds is 13. The van der Waals surface area contributed by atoms with Gasteiger partial charge in [-0.3, -0.25) is 19.2 Å². The van der Waals surface area contributed by atoms with Crippen molar-refractivity contribution in [3.05, 3.63) is 41.5 Å². The number of nitrogens with one attached hydrogen (secondary N) is 3. The quantitative estimate of drug-likeness (QED) is 0.206. The van der Waals surface area contributed by atoms with Gasteiger partial charge in [0.05, 0.1) is 25.9 Å². The monoisotopic (exact) mass is 583 g/mol. The maximum atomic E-state index is 13.7. The molecule has 4 atom stereocenters. The molecule has 3 amide bonds. The number of hydrogen-bond donors (Lipinski definition) is 4. The van der Waals surface area contributed by atoms with E-state index in [0.717, 1.165) is 30.4 Å². The van der Waals surface area contributed by atoms with Gasteiger partial charge in [-0.15, -0.1) is 0 Å². The fraction of sp³-hybridized carbons (Fsp3) is 0.625. The Morgan fingerprint density at radius 1 is 1.00 bits per heavy atom. The number of aliphatic hydroxyl groups is 1. The van der Waals surface area contributed by atoms with Crippen molar-refractivity contribution in [2.24, 2.45) is 5.41 Å². The molecule has 4 rings (SSSR count). The zero-order valence-electron chi connectivity index (χ0n) is 25.2. The molecule has 1 heterocycles. The number of Topliss-reactive ketones (excluding diaryl/α,β-unsaturated/α-hetero) is 1. The number of epoxide rings is 1. The van der Waals surface area contributed by atoms with Crippen LogP contribution in [-0.2, 0) is 30.3 Å². The van der Waals surface area contributed by atoms with E-state index in [1.165, 1.54) is 0 Å². The number of carbonyl (C=O) groups excluding carboxylic acids is 4. The normalized spacial score (nSPS) is 27.2. The summed E-state index contributed by atoms with van der Waals surface area (Å²) >= 11 is 0. The number of ketones is 1. The van der Waals surface area contributed by atoms with Gasteiger partial charge in [0.1, 0.15) is 23.4 Å². The average molecular weight is 584 g/mol. The first-order valence-corrected chi connectivity index (χ1v) is 15.0. The molecular formula is C32H45N3O7. The molecule has 230 valence electrons. The summed E-state index contributed by atoms with van der Waals surface area (Å²) in [5, 5.41) is 18.4. The van der Waals surface area contributed by atoms with Gasteiger partial charge in [0.15, 0.2) is 5.78 Å². The van der Waals surface area contributed by atoms with Crippen LogP contribution in [0.1, 0.15) is 77.7 Å². The van der Waals surface area contributed by atoms with E-state index in [9.17, 15) is 24.3 Å². The summed E-state index contributed by atoms with van der Waals surface area (Å²) < 4.78 is 10.6. The van der Waals surface area contributed by atoms with Crippen molar-refractivity contribution in [2.75, 3.05) is 13.7 Å². The molecule has 0 bridgehead atoms. The Labute approximate surface area is 248 Å². The fourth-order valence-corrected chi connectivity index (χ4v) is 5.69. The minimum Gasteiger partial charge on any atom is -0.497 e. The highest BCUT2D eigenvalue weighted by atomic mass is 16.6. The molecule has 42 heavy (non-hydrogen) atoms. The fourth-order valence-electron chi connectivity index (χ4n) is 5.69. The predicted octanol–water partition coefficient (Wildman–Crippen LogP) is 2.51. The lowest BCUT2D eigenvalue weighted by Gasteiger charge is -2.35. The number of hydrogen-bond acceptors (Lipinski definition) is 7. The lowest BCUT2D eigenvalue weighted by Crippen LogP contribution is -2.57. The Hall–Kier alpha value is -3.24. The van der Waals surface area contributed by atoms with Crippen molar-refractivity contribution in [1.82, 2.24) is 16.0 Å². The van der Waals surface area contributed by atoms with Crippen molar-refractivity contribution in [3.63, 3.8) is 0 Å². The van der Waals surface area contributed by atoms with Crippen molar-refractivity contribution >= 4 is 23.5 Å². The molecule has 1 saturated heterocycles. The molecular weight excluding hydrogens is 538 g/mol. The van der Waals surface area contributed by atoms with Crippen LogP contribution in [0.25, 0.3) is 0 Å². The topological polar surface area (TPSA) is 146 Å². The van der Waals surface area contributed by atoms with Crippen molar-refractivity contribution in [2.45, 2.75) is 108 Å². The Morgan fingerprint density at radius 2 is 1.64 bits per heavy atom. The first kappa shape index (κ1) is 31.7. The lowest BCUT2D eigenvalue weighted by atomic mass is 9.74. The summed E-state index contributed by atoms with van der Waals surface area (Å²) in [6, 6.07) is 4.53. The Balaban J connectivity index is 1.47. The Kier molecular flexibility index (Phi) is 10.1. The number of carbonyl (C=O) groups is 4. The van der Waals surface area contributed by atoms with Crippen LogP contribution >= 0.6 is 0 Å². The molecule has 4 N–H and O–H groups in total. The van der Waals surface area contributed by atoms with Crippen LogP contribution in [0, 0.1) is 5.41 Å². The highest BCUT2D eigenvalue weighted by Gasteiger charge is 2.50. The third kappa shape index (κ3) is 7.98. The summed E-state index contributed by atoms with van der Waals surface area (Å²) in [5.41, 5.74) is 0.348. The van der Waals surface area contributed by atoms with Gasteiger partial charge in [-0.25, -0.2) is 0 Å². The van der Waals surface area contributed by atoms with Gasteiger partial charge in [0, 0.05) is 11.8 Å². The highest BCUT2D eigenvalue weighted by molar-refractivity contribution is 5.98. The van der Waals surface area contributed by atoms with Crippen LogP contribution in [0.3, 0.4) is 0 Å². The highest BCUT2D eigenvalue weighted by Crippen LogP contribution is 2.36. The largest absolute Gasteiger partial charge is 0.497 e. The van der Waals surface area contributed by atoms with Crippen molar-refractivity contribution in [3.8, 4) is 5.75 Å². The standard InChI is InChI=1S/C32H45N3O7/c1-20(33-30(40)31(2)15-13-23(36)14-16-31)28(38)35-26(18-22-9-11-24(41-4)12-10-22)29(39)34-25(17-21-7-5-6-8-21)27(37)32(3)19-42-32/h7,9-12,20,23,25-26,36H,5-6,8,13-19H2,1-4H3,(H,33,40)(H,34,39)(H,35,38)/t20-,23?,25+,26+,31?,32-/m1/s1. The van der Waals surface area contributed by atoms with Crippen molar-refractivity contribution in [1.29, 1.82) is 0 Å². The molecule has 2 aliphatic carbocycles.